The molecule has 0 atom stereocenters. The van der Waals surface area contributed by atoms with E-state index >= 15 is 0 Å². The van der Waals surface area contributed by atoms with Crippen molar-refractivity contribution in [2.24, 2.45) is 5.14 Å². The van der Waals surface area contributed by atoms with Gasteiger partial charge in [0.15, 0.2) is 0 Å². The second-order valence-electron chi connectivity index (χ2n) is 5.36. The lowest BCUT2D eigenvalue weighted by Gasteiger charge is -2.20. The number of hydrogen-bond acceptors (Lipinski definition) is 5. The zero-order valence-corrected chi connectivity index (χ0v) is 13.1. The molecule has 1 aliphatic carbocycles. The van der Waals surface area contributed by atoms with Gasteiger partial charge in [-0.25, -0.2) is 13.6 Å². The summed E-state index contributed by atoms with van der Waals surface area (Å²) < 4.78 is 22.3. The van der Waals surface area contributed by atoms with E-state index in [0.717, 1.165) is 12.8 Å². The van der Waals surface area contributed by atoms with Crippen molar-refractivity contribution in [3.8, 4) is 0 Å². The van der Waals surface area contributed by atoms with Gasteiger partial charge in [0.1, 0.15) is 0 Å². The van der Waals surface area contributed by atoms with Crippen molar-refractivity contribution < 1.29 is 18.3 Å². The van der Waals surface area contributed by atoms with E-state index in [2.05, 4.69) is 10.2 Å². The Bertz CT molecular complexity index is 611. The third-order valence-corrected chi connectivity index (χ3v) is 4.47. The summed E-state index contributed by atoms with van der Waals surface area (Å²) in [5, 5.41) is 16.7. The van der Waals surface area contributed by atoms with Crippen LogP contribution in [0.3, 0.4) is 0 Å². The highest BCUT2D eigenvalue weighted by Gasteiger charge is 2.28. The summed E-state index contributed by atoms with van der Waals surface area (Å²) in [5.41, 5.74) is 0.525. The molecular formula is C14H21N3O4S. The van der Waals surface area contributed by atoms with Gasteiger partial charge in [0.05, 0.1) is 11.5 Å². The number of aliphatic hydroxyl groups is 1. The molecule has 0 aromatic heterocycles. The maximum Gasteiger partial charge on any atom is 0.238 e. The number of nitrogens with zero attached hydrogens (tertiary/aromatic N) is 1. The fourth-order valence-corrected chi connectivity index (χ4v) is 2.76. The van der Waals surface area contributed by atoms with Gasteiger partial charge in [-0.2, -0.15) is 0 Å². The Hall–Kier alpha value is -1.48. The lowest BCUT2D eigenvalue weighted by molar-refractivity contribution is -0.116. The predicted molar refractivity (Wildman–Crippen MR) is 82.7 cm³/mol. The van der Waals surface area contributed by atoms with E-state index in [1.165, 1.54) is 24.3 Å². The van der Waals surface area contributed by atoms with E-state index in [9.17, 15) is 13.2 Å². The number of anilines is 1. The molecule has 0 heterocycles. The van der Waals surface area contributed by atoms with Crippen LogP contribution < -0.4 is 10.5 Å². The molecule has 122 valence electrons. The Balaban J connectivity index is 1.83. The van der Waals surface area contributed by atoms with Crippen molar-refractivity contribution in [1.82, 2.24) is 4.90 Å². The van der Waals surface area contributed by atoms with Crippen LogP contribution in [0.4, 0.5) is 5.69 Å². The molecule has 0 saturated heterocycles. The molecule has 2 rings (SSSR count). The average molecular weight is 327 g/mol. The second kappa shape index (κ2) is 7.19. The van der Waals surface area contributed by atoms with E-state index in [1.807, 2.05) is 0 Å². The maximum atomic E-state index is 11.9. The molecule has 1 amide bonds. The summed E-state index contributed by atoms with van der Waals surface area (Å²) in [7, 11) is -3.72. The summed E-state index contributed by atoms with van der Waals surface area (Å²) in [6.45, 7) is 1.28. The van der Waals surface area contributed by atoms with Gasteiger partial charge in [0.25, 0.3) is 0 Å². The fourth-order valence-electron chi connectivity index (χ4n) is 2.24. The summed E-state index contributed by atoms with van der Waals surface area (Å²) in [5.74, 6) is -0.146. The van der Waals surface area contributed by atoms with Crippen molar-refractivity contribution in [1.29, 1.82) is 0 Å². The predicted octanol–water partition coefficient (Wildman–Crippen LogP) is 0.119. The smallest absolute Gasteiger partial charge is 0.238 e. The molecule has 8 heteroatoms. The van der Waals surface area contributed by atoms with E-state index in [1.54, 1.807) is 0 Å². The molecule has 1 saturated carbocycles. The molecule has 0 bridgehead atoms. The largest absolute Gasteiger partial charge is 0.395 e. The van der Waals surface area contributed by atoms with Crippen molar-refractivity contribution in [2.45, 2.75) is 30.2 Å². The zero-order chi connectivity index (χ0) is 16.2. The van der Waals surface area contributed by atoms with Gasteiger partial charge >= 0.3 is 0 Å². The van der Waals surface area contributed by atoms with Crippen molar-refractivity contribution in [3.05, 3.63) is 24.3 Å². The molecule has 7 nitrogen and oxygen atoms in total. The van der Waals surface area contributed by atoms with Gasteiger partial charge in [0, 0.05) is 31.2 Å². The minimum atomic E-state index is -3.72. The summed E-state index contributed by atoms with van der Waals surface area (Å²) >= 11 is 0. The lowest BCUT2D eigenvalue weighted by atomic mass is 10.3. The van der Waals surface area contributed by atoms with E-state index in [0.29, 0.717) is 31.2 Å². The number of carbonyl (C=O) groups excluding carboxylic acids is 1. The second-order valence-corrected chi connectivity index (χ2v) is 6.92. The molecule has 1 aromatic rings. The van der Waals surface area contributed by atoms with Gasteiger partial charge in [0.2, 0.25) is 15.9 Å². The normalized spacial score (nSPS) is 15.0. The van der Waals surface area contributed by atoms with Crippen LogP contribution in [0.25, 0.3) is 0 Å². The Morgan fingerprint density at radius 2 is 1.91 bits per heavy atom. The third-order valence-electron chi connectivity index (χ3n) is 3.54. The molecule has 1 aromatic carbocycles. The van der Waals surface area contributed by atoms with Gasteiger partial charge in [-0.15, -0.1) is 0 Å². The number of nitrogens with one attached hydrogen (secondary N) is 1. The Kier molecular flexibility index (Phi) is 5.52. The first-order valence-corrected chi connectivity index (χ1v) is 8.72. The van der Waals surface area contributed by atoms with Crippen LogP contribution in [0.15, 0.2) is 29.2 Å². The molecule has 4 N–H and O–H groups in total. The first kappa shape index (κ1) is 16.9. The molecule has 0 aliphatic heterocycles. The number of benzene rings is 1. The standard InChI is InChI=1S/C14H21N3O4S/c15-22(20,21)13-5-1-11(2-6-13)16-14(19)7-8-17(9-10-18)12-3-4-12/h1-2,5-6,12,18H,3-4,7-10H2,(H,16,19)(H2,15,20,21). The Morgan fingerprint density at radius 3 is 2.41 bits per heavy atom. The molecule has 1 fully saturated rings. The van der Waals surface area contributed by atoms with Crippen LogP contribution in [-0.2, 0) is 14.8 Å². The SMILES string of the molecule is NS(=O)(=O)c1ccc(NC(=O)CCN(CCO)C2CC2)cc1. The molecule has 1 aliphatic rings. The minimum absolute atomic E-state index is 0.00773. The van der Waals surface area contributed by atoms with Gasteiger partial charge in [-0.1, -0.05) is 0 Å². The Morgan fingerprint density at radius 1 is 1.27 bits per heavy atom. The number of carbonyl (C=O) groups is 1. The topological polar surface area (TPSA) is 113 Å². The average Bonchev–Trinajstić information content (AvgIpc) is 3.27. The third kappa shape index (κ3) is 5.06. The molecule has 22 heavy (non-hydrogen) atoms. The van der Waals surface area contributed by atoms with E-state index in [-0.39, 0.29) is 17.4 Å². The maximum absolute atomic E-state index is 11.9. The summed E-state index contributed by atoms with van der Waals surface area (Å²) in [6.07, 6.45) is 2.57. The monoisotopic (exact) mass is 327 g/mol. The lowest BCUT2D eigenvalue weighted by Crippen LogP contribution is -2.32. The number of amides is 1. The number of nitrogens with two attached hydrogens (primary N) is 1. The van der Waals surface area contributed by atoms with Crippen LogP contribution in [0.2, 0.25) is 0 Å². The van der Waals surface area contributed by atoms with Crippen molar-refractivity contribution in [3.63, 3.8) is 0 Å². The number of primary sulfonamides is 1. The number of aliphatic hydroxyl groups excluding tert-OH is 1. The zero-order valence-electron chi connectivity index (χ0n) is 12.2. The Labute approximate surface area is 130 Å². The van der Waals surface area contributed by atoms with Gasteiger partial charge in [-0.3, -0.25) is 9.69 Å². The van der Waals surface area contributed by atoms with Crippen LogP contribution in [0.1, 0.15) is 19.3 Å². The molecule has 0 radical (unpaired) electrons. The fraction of sp³-hybridized carbons (Fsp3) is 0.500. The van der Waals surface area contributed by atoms with E-state index < -0.39 is 10.0 Å². The van der Waals surface area contributed by atoms with Gasteiger partial charge in [-0.05, 0) is 37.1 Å². The van der Waals surface area contributed by atoms with E-state index in [4.69, 9.17) is 10.2 Å². The summed E-state index contributed by atoms with van der Waals surface area (Å²) in [4.78, 5) is 14.0. The highest BCUT2D eigenvalue weighted by Crippen LogP contribution is 2.26. The molecule has 0 spiro atoms. The quantitative estimate of drug-likeness (QED) is 0.628. The van der Waals surface area contributed by atoms with Gasteiger partial charge < -0.3 is 10.4 Å². The number of rotatable bonds is 8. The first-order chi connectivity index (χ1) is 10.4. The minimum Gasteiger partial charge on any atom is -0.395 e. The van der Waals surface area contributed by atoms with Crippen molar-refractivity contribution >= 4 is 21.6 Å². The first-order valence-electron chi connectivity index (χ1n) is 7.18. The van der Waals surface area contributed by atoms with Crippen LogP contribution >= 0.6 is 0 Å². The molecule has 0 unspecified atom stereocenters. The number of sulfonamides is 1. The number of hydrogen-bond donors (Lipinski definition) is 3. The van der Waals surface area contributed by atoms with Crippen LogP contribution in [0.5, 0.6) is 0 Å². The van der Waals surface area contributed by atoms with Crippen molar-refractivity contribution in [2.75, 3.05) is 25.0 Å². The van der Waals surface area contributed by atoms with Crippen LogP contribution in [-0.4, -0.2) is 50.1 Å². The highest BCUT2D eigenvalue weighted by molar-refractivity contribution is 7.89. The van der Waals surface area contributed by atoms with Crippen LogP contribution in [0, 0.1) is 0 Å². The highest BCUT2D eigenvalue weighted by atomic mass is 32.2. The summed E-state index contributed by atoms with van der Waals surface area (Å²) in [6, 6.07) is 6.21. The molecular weight excluding hydrogens is 306 g/mol.